The van der Waals surface area contributed by atoms with Crippen LogP contribution < -0.4 is 10.1 Å². The summed E-state index contributed by atoms with van der Waals surface area (Å²) in [6.45, 7) is 7.21. The number of ether oxygens (including phenoxy) is 1. The Hall–Kier alpha value is -1.02. The van der Waals surface area contributed by atoms with E-state index in [1.165, 1.54) is 24.0 Å². The maximum absolute atomic E-state index is 5.60. The first kappa shape index (κ1) is 11.5. The van der Waals surface area contributed by atoms with E-state index >= 15 is 0 Å². The van der Waals surface area contributed by atoms with Crippen LogP contribution in [0, 0.1) is 6.92 Å². The number of piperidine rings is 1. The Morgan fingerprint density at radius 1 is 1.25 bits per heavy atom. The molecule has 0 atom stereocenters. The third-order valence-electron chi connectivity index (χ3n) is 3.19. The Morgan fingerprint density at radius 2 is 2.00 bits per heavy atom. The molecule has 0 aliphatic carbocycles. The van der Waals surface area contributed by atoms with Crippen molar-refractivity contribution in [3.8, 4) is 5.75 Å². The number of benzene rings is 1. The molecule has 1 heterocycles. The highest BCUT2D eigenvalue weighted by Crippen LogP contribution is 2.29. The van der Waals surface area contributed by atoms with Crippen LogP contribution >= 0.6 is 0 Å². The largest absolute Gasteiger partial charge is 0.494 e. The molecular weight excluding hydrogens is 198 g/mol. The minimum Gasteiger partial charge on any atom is -0.494 e. The molecule has 1 aromatic carbocycles. The van der Waals surface area contributed by atoms with Crippen molar-refractivity contribution in [2.75, 3.05) is 19.7 Å². The lowest BCUT2D eigenvalue weighted by molar-refractivity contribution is 0.339. The molecule has 1 aliphatic heterocycles. The average Bonchev–Trinajstić information content (AvgIpc) is 2.30. The monoisotopic (exact) mass is 219 g/mol. The van der Waals surface area contributed by atoms with Gasteiger partial charge in [-0.2, -0.15) is 0 Å². The highest BCUT2D eigenvalue weighted by atomic mass is 16.5. The van der Waals surface area contributed by atoms with Gasteiger partial charge >= 0.3 is 0 Å². The standard InChI is InChI=1S/C14H21NO/c1-3-16-14-9-11(2)8-13(10-14)12-4-6-15-7-5-12/h8-10,12,15H,3-7H2,1-2H3. The highest BCUT2D eigenvalue weighted by Gasteiger charge is 2.15. The van der Waals surface area contributed by atoms with Gasteiger partial charge in [-0.15, -0.1) is 0 Å². The van der Waals surface area contributed by atoms with Crippen molar-refractivity contribution in [3.63, 3.8) is 0 Å². The number of nitrogens with one attached hydrogen (secondary N) is 1. The molecule has 88 valence electrons. The summed E-state index contributed by atoms with van der Waals surface area (Å²) in [5.41, 5.74) is 2.75. The van der Waals surface area contributed by atoms with Gasteiger partial charge in [0.15, 0.2) is 0 Å². The zero-order chi connectivity index (χ0) is 11.4. The average molecular weight is 219 g/mol. The van der Waals surface area contributed by atoms with Gasteiger partial charge in [0.2, 0.25) is 0 Å². The molecule has 2 nitrogen and oxygen atoms in total. The Labute approximate surface area is 98.0 Å². The molecule has 1 saturated heterocycles. The second-order valence-electron chi connectivity index (χ2n) is 4.54. The van der Waals surface area contributed by atoms with Crippen LogP contribution in [-0.2, 0) is 0 Å². The zero-order valence-electron chi connectivity index (χ0n) is 10.3. The van der Waals surface area contributed by atoms with Crippen LogP contribution in [0.3, 0.4) is 0 Å². The minimum atomic E-state index is 0.709. The number of hydrogen-bond acceptors (Lipinski definition) is 2. The lowest BCUT2D eigenvalue weighted by atomic mass is 9.89. The number of aryl methyl sites for hydroxylation is 1. The molecule has 0 amide bonds. The van der Waals surface area contributed by atoms with Crippen LogP contribution in [0.15, 0.2) is 18.2 Å². The van der Waals surface area contributed by atoms with Crippen LogP contribution in [0.1, 0.15) is 36.8 Å². The van der Waals surface area contributed by atoms with Crippen LogP contribution in [0.4, 0.5) is 0 Å². The fourth-order valence-electron chi connectivity index (χ4n) is 2.42. The van der Waals surface area contributed by atoms with E-state index in [0.29, 0.717) is 5.92 Å². The SMILES string of the molecule is CCOc1cc(C)cc(C2CCNCC2)c1. The molecule has 0 spiro atoms. The van der Waals surface area contributed by atoms with Gasteiger partial charge in [-0.3, -0.25) is 0 Å². The van der Waals surface area contributed by atoms with E-state index in [-0.39, 0.29) is 0 Å². The van der Waals surface area contributed by atoms with Gasteiger partial charge in [0.25, 0.3) is 0 Å². The molecule has 1 fully saturated rings. The van der Waals surface area contributed by atoms with Crippen molar-refractivity contribution in [2.45, 2.75) is 32.6 Å². The Kier molecular flexibility index (Phi) is 3.83. The maximum Gasteiger partial charge on any atom is 0.119 e. The molecule has 0 unspecified atom stereocenters. The van der Waals surface area contributed by atoms with Crippen molar-refractivity contribution < 1.29 is 4.74 Å². The van der Waals surface area contributed by atoms with Crippen LogP contribution in [0.25, 0.3) is 0 Å². The third kappa shape index (κ3) is 2.76. The van der Waals surface area contributed by atoms with Gasteiger partial charge in [0.1, 0.15) is 5.75 Å². The first-order valence-corrected chi connectivity index (χ1v) is 6.24. The summed E-state index contributed by atoms with van der Waals surface area (Å²) in [5, 5.41) is 3.41. The fourth-order valence-corrected chi connectivity index (χ4v) is 2.42. The lowest BCUT2D eigenvalue weighted by Gasteiger charge is -2.23. The van der Waals surface area contributed by atoms with Crippen LogP contribution in [0.2, 0.25) is 0 Å². The number of rotatable bonds is 3. The quantitative estimate of drug-likeness (QED) is 0.844. The predicted molar refractivity (Wildman–Crippen MR) is 67.2 cm³/mol. The van der Waals surface area contributed by atoms with Gasteiger partial charge in [-0.25, -0.2) is 0 Å². The minimum absolute atomic E-state index is 0.709. The van der Waals surface area contributed by atoms with Crippen LogP contribution in [-0.4, -0.2) is 19.7 Å². The molecule has 1 aromatic rings. The van der Waals surface area contributed by atoms with Gasteiger partial charge in [0, 0.05) is 0 Å². The Morgan fingerprint density at radius 3 is 2.69 bits per heavy atom. The summed E-state index contributed by atoms with van der Waals surface area (Å²) in [7, 11) is 0. The molecule has 1 aliphatic rings. The first-order valence-electron chi connectivity index (χ1n) is 6.24. The van der Waals surface area contributed by atoms with Crippen molar-refractivity contribution in [3.05, 3.63) is 29.3 Å². The van der Waals surface area contributed by atoms with Gasteiger partial charge in [-0.05, 0) is 69.0 Å². The Balaban J connectivity index is 2.18. The Bertz CT molecular complexity index is 343. The van der Waals surface area contributed by atoms with E-state index in [0.717, 1.165) is 25.4 Å². The normalized spacial score (nSPS) is 17.4. The molecular formula is C14H21NO. The summed E-state index contributed by atoms with van der Waals surface area (Å²) in [5.74, 6) is 1.73. The van der Waals surface area contributed by atoms with E-state index in [4.69, 9.17) is 4.74 Å². The van der Waals surface area contributed by atoms with Gasteiger partial charge < -0.3 is 10.1 Å². The predicted octanol–water partition coefficient (Wildman–Crippen LogP) is 2.86. The first-order chi connectivity index (χ1) is 7.79. The molecule has 2 heteroatoms. The zero-order valence-corrected chi connectivity index (χ0v) is 10.3. The maximum atomic E-state index is 5.60. The summed E-state index contributed by atoms with van der Waals surface area (Å²) < 4.78 is 5.60. The van der Waals surface area contributed by atoms with Crippen molar-refractivity contribution in [1.82, 2.24) is 5.32 Å². The molecule has 16 heavy (non-hydrogen) atoms. The van der Waals surface area contributed by atoms with Gasteiger partial charge in [-0.1, -0.05) is 6.07 Å². The summed E-state index contributed by atoms with van der Waals surface area (Å²) in [6, 6.07) is 6.64. The highest BCUT2D eigenvalue weighted by molar-refractivity contribution is 5.36. The van der Waals surface area contributed by atoms with Crippen molar-refractivity contribution >= 4 is 0 Å². The summed E-state index contributed by atoms with van der Waals surface area (Å²) >= 11 is 0. The lowest BCUT2D eigenvalue weighted by Crippen LogP contribution is -2.26. The molecule has 0 aromatic heterocycles. The van der Waals surface area contributed by atoms with E-state index in [2.05, 4.69) is 30.4 Å². The molecule has 2 rings (SSSR count). The van der Waals surface area contributed by atoms with Gasteiger partial charge in [0.05, 0.1) is 6.61 Å². The molecule has 0 bridgehead atoms. The molecule has 0 radical (unpaired) electrons. The van der Waals surface area contributed by atoms with E-state index in [9.17, 15) is 0 Å². The summed E-state index contributed by atoms with van der Waals surface area (Å²) in [6.07, 6.45) is 2.49. The van der Waals surface area contributed by atoms with E-state index in [1.54, 1.807) is 0 Å². The van der Waals surface area contributed by atoms with Crippen molar-refractivity contribution in [2.24, 2.45) is 0 Å². The second-order valence-corrected chi connectivity index (χ2v) is 4.54. The fraction of sp³-hybridized carbons (Fsp3) is 0.571. The molecule has 1 N–H and O–H groups in total. The topological polar surface area (TPSA) is 21.3 Å². The second kappa shape index (κ2) is 5.35. The number of hydrogen-bond donors (Lipinski definition) is 1. The van der Waals surface area contributed by atoms with E-state index < -0.39 is 0 Å². The van der Waals surface area contributed by atoms with Crippen LogP contribution in [0.5, 0.6) is 5.75 Å². The third-order valence-corrected chi connectivity index (χ3v) is 3.19. The molecule has 0 saturated carbocycles. The summed E-state index contributed by atoms with van der Waals surface area (Å²) in [4.78, 5) is 0. The van der Waals surface area contributed by atoms with E-state index in [1.807, 2.05) is 6.92 Å². The van der Waals surface area contributed by atoms with Crippen molar-refractivity contribution in [1.29, 1.82) is 0 Å². The smallest absolute Gasteiger partial charge is 0.119 e.